The molecule has 6 heteroatoms. The highest BCUT2D eigenvalue weighted by molar-refractivity contribution is 7.12. The van der Waals surface area contributed by atoms with E-state index in [1.54, 1.807) is 0 Å². The van der Waals surface area contributed by atoms with E-state index in [2.05, 4.69) is 29.2 Å². The summed E-state index contributed by atoms with van der Waals surface area (Å²) < 4.78 is 5.40. The maximum Gasteiger partial charge on any atom is 0.229 e. The molecule has 3 atom stereocenters. The standard InChI is InChI=1S/C18H21N3O2S/c1-10-4-7-15(24-10)12-9-13(12)18(22)21-8-2-3-14(21)16-19-17(23-20-16)11-5-6-11/h4,7,11-14H,2-3,5-6,8-9H2,1H3/t12-,13+,14-/m1/s1. The SMILES string of the molecule is Cc1ccc([C@@H]2C[C@@H]2C(=O)N2CCC[C@@H]2c2noc(C3CC3)n2)s1. The largest absolute Gasteiger partial charge is 0.339 e. The number of aryl methyl sites for hydroxylation is 1. The first kappa shape index (κ1) is 14.6. The molecule has 3 fully saturated rings. The Morgan fingerprint density at radius 2 is 2.21 bits per heavy atom. The van der Waals surface area contributed by atoms with E-state index < -0.39 is 0 Å². The van der Waals surface area contributed by atoms with E-state index in [-0.39, 0.29) is 17.9 Å². The van der Waals surface area contributed by atoms with Gasteiger partial charge in [-0.2, -0.15) is 4.98 Å². The second kappa shape index (κ2) is 5.41. The zero-order valence-electron chi connectivity index (χ0n) is 13.8. The van der Waals surface area contributed by atoms with E-state index in [4.69, 9.17) is 4.52 Å². The van der Waals surface area contributed by atoms with Crippen LogP contribution in [0, 0.1) is 12.8 Å². The number of aromatic nitrogens is 2. The molecule has 0 radical (unpaired) electrons. The Morgan fingerprint density at radius 3 is 2.96 bits per heavy atom. The minimum Gasteiger partial charge on any atom is -0.339 e. The fourth-order valence-corrected chi connectivity index (χ4v) is 4.88. The van der Waals surface area contributed by atoms with Crippen molar-refractivity contribution in [2.24, 2.45) is 5.92 Å². The number of carbonyl (C=O) groups is 1. The quantitative estimate of drug-likeness (QED) is 0.847. The van der Waals surface area contributed by atoms with Gasteiger partial charge >= 0.3 is 0 Å². The van der Waals surface area contributed by atoms with Crippen molar-refractivity contribution < 1.29 is 9.32 Å². The molecular weight excluding hydrogens is 322 g/mol. The van der Waals surface area contributed by atoms with E-state index in [9.17, 15) is 4.79 Å². The Labute approximate surface area is 145 Å². The number of rotatable bonds is 4. The van der Waals surface area contributed by atoms with Crippen molar-refractivity contribution in [2.75, 3.05) is 6.54 Å². The Bertz CT molecular complexity index is 779. The minimum atomic E-state index is 0.0140. The first-order valence-corrected chi connectivity index (χ1v) is 9.72. The fraction of sp³-hybridized carbons (Fsp3) is 0.611. The molecule has 1 aliphatic heterocycles. The van der Waals surface area contributed by atoms with Crippen molar-refractivity contribution in [1.29, 1.82) is 0 Å². The molecule has 0 unspecified atom stereocenters. The topological polar surface area (TPSA) is 59.2 Å². The lowest BCUT2D eigenvalue weighted by molar-refractivity contribution is -0.133. The van der Waals surface area contributed by atoms with Gasteiger partial charge in [0.2, 0.25) is 11.8 Å². The molecule has 0 aromatic carbocycles. The molecule has 0 N–H and O–H groups in total. The van der Waals surface area contributed by atoms with Gasteiger partial charge in [-0.25, -0.2) is 0 Å². The van der Waals surface area contributed by atoms with Crippen LogP contribution in [0.4, 0.5) is 0 Å². The summed E-state index contributed by atoms with van der Waals surface area (Å²) in [5.74, 6) is 2.80. The summed E-state index contributed by atoms with van der Waals surface area (Å²) in [6.07, 6.45) is 5.27. The van der Waals surface area contributed by atoms with Crippen LogP contribution in [0.15, 0.2) is 16.7 Å². The summed E-state index contributed by atoms with van der Waals surface area (Å²) in [6.45, 7) is 2.95. The van der Waals surface area contributed by atoms with E-state index in [0.717, 1.165) is 44.5 Å². The third-order valence-electron chi connectivity index (χ3n) is 5.45. The summed E-state index contributed by atoms with van der Waals surface area (Å²) in [6, 6.07) is 4.35. The first-order chi connectivity index (χ1) is 11.7. The van der Waals surface area contributed by atoms with Crippen LogP contribution >= 0.6 is 11.3 Å². The number of hydrogen-bond donors (Lipinski definition) is 0. The van der Waals surface area contributed by atoms with E-state index in [1.165, 1.54) is 9.75 Å². The van der Waals surface area contributed by atoms with E-state index in [1.807, 2.05) is 16.2 Å². The van der Waals surface area contributed by atoms with Crippen molar-refractivity contribution in [3.63, 3.8) is 0 Å². The second-order valence-electron chi connectivity index (χ2n) is 7.35. The highest BCUT2D eigenvalue weighted by atomic mass is 32.1. The molecule has 5 rings (SSSR count). The Hall–Kier alpha value is -1.69. The van der Waals surface area contributed by atoms with Gasteiger partial charge in [0.05, 0.1) is 6.04 Å². The normalized spacial score (nSPS) is 29.2. The van der Waals surface area contributed by atoms with Gasteiger partial charge in [-0.15, -0.1) is 11.3 Å². The lowest BCUT2D eigenvalue weighted by Gasteiger charge is -2.22. The Morgan fingerprint density at radius 1 is 1.33 bits per heavy atom. The van der Waals surface area contributed by atoms with Crippen molar-refractivity contribution in [1.82, 2.24) is 15.0 Å². The van der Waals surface area contributed by atoms with Crippen molar-refractivity contribution in [3.05, 3.63) is 33.6 Å². The van der Waals surface area contributed by atoms with Gasteiger partial charge < -0.3 is 9.42 Å². The average molecular weight is 343 g/mol. The average Bonchev–Trinajstić information content (AvgIpc) is 3.42. The minimum absolute atomic E-state index is 0.0140. The van der Waals surface area contributed by atoms with E-state index in [0.29, 0.717) is 17.7 Å². The fourth-order valence-electron chi connectivity index (χ4n) is 3.83. The van der Waals surface area contributed by atoms with Crippen LogP contribution in [0.3, 0.4) is 0 Å². The van der Waals surface area contributed by atoms with Gasteiger partial charge in [0.1, 0.15) is 0 Å². The molecule has 1 amide bonds. The molecular formula is C18H21N3O2S. The molecule has 3 heterocycles. The Kier molecular flexibility index (Phi) is 3.30. The highest BCUT2D eigenvalue weighted by Crippen LogP contribution is 2.52. The summed E-state index contributed by atoms with van der Waals surface area (Å²) in [5.41, 5.74) is 0. The molecule has 126 valence electrons. The predicted octanol–water partition coefficient (Wildman–Crippen LogP) is 3.78. The van der Waals surface area contributed by atoms with Crippen LogP contribution in [0.25, 0.3) is 0 Å². The number of thiophene rings is 1. The maximum atomic E-state index is 13.0. The molecule has 1 saturated heterocycles. The first-order valence-electron chi connectivity index (χ1n) is 8.91. The third kappa shape index (κ3) is 2.48. The van der Waals surface area contributed by atoms with Crippen LogP contribution in [0.1, 0.15) is 71.5 Å². The summed E-state index contributed by atoms with van der Waals surface area (Å²) in [4.78, 5) is 22.2. The van der Waals surface area contributed by atoms with Gasteiger partial charge in [-0.1, -0.05) is 5.16 Å². The van der Waals surface area contributed by atoms with Crippen LogP contribution < -0.4 is 0 Å². The summed E-state index contributed by atoms with van der Waals surface area (Å²) in [5, 5.41) is 4.17. The number of carbonyl (C=O) groups excluding carboxylic acids is 1. The lowest BCUT2D eigenvalue weighted by atomic mass is 10.2. The van der Waals surface area contributed by atoms with Crippen LogP contribution in [-0.4, -0.2) is 27.5 Å². The number of likely N-dealkylation sites (tertiary alicyclic amines) is 1. The van der Waals surface area contributed by atoms with Crippen molar-refractivity contribution in [2.45, 2.75) is 56.9 Å². The van der Waals surface area contributed by atoms with Crippen LogP contribution in [0.2, 0.25) is 0 Å². The van der Waals surface area contributed by atoms with Gasteiger partial charge in [0, 0.05) is 34.1 Å². The third-order valence-corrected chi connectivity index (χ3v) is 6.58. The summed E-state index contributed by atoms with van der Waals surface area (Å²) >= 11 is 1.82. The maximum absolute atomic E-state index is 13.0. The predicted molar refractivity (Wildman–Crippen MR) is 89.9 cm³/mol. The monoisotopic (exact) mass is 343 g/mol. The smallest absolute Gasteiger partial charge is 0.229 e. The molecule has 3 aliphatic rings. The molecule has 0 spiro atoms. The van der Waals surface area contributed by atoms with Gasteiger partial charge in [0.25, 0.3) is 0 Å². The van der Waals surface area contributed by atoms with Gasteiger partial charge in [-0.3, -0.25) is 4.79 Å². The summed E-state index contributed by atoms with van der Waals surface area (Å²) in [7, 11) is 0. The molecule has 0 bridgehead atoms. The van der Waals surface area contributed by atoms with Crippen LogP contribution in [0.5, 0.6) is 0 Å². The lowest BCUT2D eigenvalue weighted by Crippen LogP contribution is -2.32. The molecule has 24 heavy (non-hydrogen) atoms. The number of amides is 1. The molecule has 2 aromatic rings. The molecule has 2 aromatic heterocycles. The van der Waals surface area contributed by atoms with Crippen molar-refractivity contribution in [3.8, 4) is 0 Å². The molecule has 5 nitrogen and oxygen atoms in total. The van der Waals surface area contributed by atoms with Crippen LogP contribution in [-0.2, 0) is 4.79 Å². The Balaban J connectivity index is 1.31. The number of nitrogens with zero attached hydrogens (tertiary/aromatic N) is 3. The van der Waals surface area contributed by atoms with Gasteiger partial charge in [0.15, 0.2) is 5.82 Å². The molecule has 2 saturated carbocycles. The zero-order chi connectivity index (χ0) is 16.3. The molecule has 2 aliphatic carbocycles. The second-order valence-corrected chi connectivity index (χ2v) is 8.67. The van der Waals surface area contributed by atoms with Gasteiger partial charge in [-0.05, 0) is 51.2 Å². The highest BCUT2D eigenvalue weighted by Gasteiger charge is 2.49. The van der Waals surface area contributed by atoms with E-state index >= 15 is 0 Å². The number of hydrogen-bond acceptors (Lipinski definition) is 5. The van der Waals surface area contributed by atoms with Crippen molar-refractivity contribution >= 4 is 17.2 Å². The zero-order valence-corrected chi connectivity index (χ0v) is 14.6.